The van der Waals surface area contributed by atoms with E-state index in [1.165, 1.54) is 16.4 Å². The molecule has 1 aromatic carbocycles. The maximum Gasteiger partial charge on any atom is 0.246 e. The van der Waals surface area contributed by atoms with Crippen molar-refractivity contribution < 1.29 is 22.7 Å². The minimum absolute atomic E-state index is 0.0740. The zero-order valence-electron chi connectivity index (χ0n) is 16.9. The second-order valence-corrected chi connectivity index (χ2v) is 9.60. The maximum absolute atomic E-state index is 13.0. The van der Waals surface area contributed by atoms with Crippen LogP contribution in [0.2, 0.25) is 10.0 Å². The van der Waals surface area contributed by atoms with Gasteiger partial charge in [-0.25, -0.2) is 13.4 Å². The molecule has 168 valence electrons. The zero-order valence-corrected chi connectivity index (χ0v) is 19.2. The summed E-state index contributed by atoms with van der Waals surface area (Å²) in [5.74, 6) is -0.251. The molecule has 0 unspecified atom stereocenters. The molecule has 3 rings (SSSR count). The van der Waals surface area contributed by atoms with Crippen LogP contribution in [-0.4, -0.2) is 57.0 Å². The minimum Gasteiger partial charge on any atom is -0.474 e. The summed E-state index contributed by atoms with van der Waals surface area (Å²) in [6, 6.07) is 7.96. The number of nitrogens with one attached hydrogen (secondary N) is 1. The van der Waals surface area contributed by atoms with E-state index in [1.807, 2.05) is 0 Å². The Morgan fingerprint density at radius 2 is 1.84 bits per heavy atom. The molecule has 2 aromatic rings. The van der Waals surface area contributed by atoms with E-state index in [0.717, 1.165) is 0 Å². The monoisotopic (exact) mass is 487 g/mol. The van der Waals surface area contributed by atoms with Gasteiger partial charge in [0, 0.05) is 32.3 Å². The second kappa shape index (κ2) is 10.6. The van der Waals surface area contributed by atoms with Crippen molar-refractivity contribution in [3.05, 3.63) is 46.6 Å². The first-order chi connectivity index (χ1) is 14.8. The summed E-state index contributed by atoms with van der Waals surface area (Å²) >= 11 is 12.2. The van der Waals surface area contributed by atoms with Crippen molar-refractivity contribution in [2.75, 3.05) is 38.7 Å². The highest BCUT2D eigenvalue weighted by Crippen LogP contribution is 2.33. The van der Waals surface area contributed by atoms with E-state index in [9.17, 15) is 13.2 Å². The molecule has 8 nitrogen and oxygen atoms in total. The van der Waals surface area contributed by atoms with Crippen molar-refractivity contribution in [2.45, 2.75) is 17.7 Å². The summed E-state index contributed by atoms with van der Waals surface area (Å²) in [6.45, 7) is 1.07. The summed E-state index contributed by atoms with van der Waals surface area (Å²) in [5, 5.41) is 2.98. The van der Waals surface area contributed by atoms with Gasteiger partial charge in [-0.15, -0.1) is 0 Å². The summed E-state index contributed by atoms with van der Waals surface area (Å²) in [6.07, 6.45) is 2.31. The van der Waals surface area contributed by atoms with E-state index in [2.05, 4.69) is 10.3 Å². The van der Waals surface area contributed by atoms with Gasteiger partial charge in [0.2, 0.25) is 21.8 Å². The number of anilines is 1. The quantitative estimate of drug-likeness (QED) is 0.572. The largest absolute Gasteiger partial charge is 0.474 e. The number of benzene rings is 1. The third-order valence-corrected chi connectivity index (χ3v) is 7.75. The molecule has 0 aliphatic carbocycles. The first kappa shape index (κ1) is 23.7. The van der Waals surface area contributed by atoms with Crippen LogP contribution < -0.4 is 10.1 Å². The molecule has 0 bridgehead atoms. The van der Waals surface area contributed by atoms with Gasteiger partial charge in [0.1, 0.15) is 17.2 Å². The highest BCUT2D eigenvalue weighted by molar-refractivity contribution is 7.89. The van der Waals surface area contributed by atoms with E-state index < -0.39 is 10.0 Å². The zero-order chi connectivity index (χ0) is 22.4. The number of aromatic nitrogens is 1. The minimum atomic E-state index is -3.86. The smallest absolute Gasteiger partial charge is 0.246 e. The Kier molecular flexibility index (Phi) is 8.12. The standard InChI is InChI=1S/C20H23Cl2N3O5S/c1-29-12-13-30-20-17(6-3-9-23-20)24-19(26)14-7-10-25(11-8-14)31(27,28)18-15(21)4-2-5-16(18)22/h2-6,9,14H,7-8,10-13H2,1H3,(H,24,26). The fourth-order valence-electron chi connectivity index (χ4n) is 3.27. The van der Waals surface area contributed by atoms with E-state index in [4.69, 9.17) is 32.7 Å². The van der Waals surface area contributed by atoms with Gasteiger partial charge in [-0.1, -0.05) is 29.3 Å². The van der Waals surface area contributed by atoms with Crippen LogP contribution in [0.4, 0.5) is 5.69 Å². The Morgan fingerprint density at radius 1 is 1.16 bits per heavy atom. The van der Waals surface area contributed by atoms with Crippen LogP contribution in [0, 0.1) is 5.92 Å². The molecule has 0 saturated carbocycles. The van der Waals surface area contributed by atoms with Crippen molar-refractivity contribution >= 4 is 44.8 Å². The SMILES string of the molecule is COCCOc1ncccc1NC(=O)C1CCN(S(=O)(=O)c2c(Cl)cccc2Cl)CC1. The summed E-state index contributed by atoms with van der Waals surface area (Å²) in [7, 11) is -2.29. The maximum atomic E-state index is 13.0. The molecule has 1 aromatic heterocycles. The molecule has 1 fully saturated rings. The molecule has 1 aliphatic rings. The molecule has 2 heterocycles. The van der Waals surface area contributed by atoms with Crippen LogP contribution in [0.3, 0.4) is 0 Å². The lowest BCUT2D eigenvalue weighted by molar-refractivity contribution is -0.120. The summed E-state index contributed by atoms with van der Waals surface area (Å²) in [5.41, 5.74) is 0.460. The number of rotatable bonds is 8. The lowest BCUT2D eigenvalue weighted by atomic mass is 9.97. The molecular formula is C20H23Cl2N3O5S. The van der Waals surface area contributed by atoms with E-state index in [1.54, 1.807) is 31.5 Å². The molecule has 1 amide bonds. The molecule has 0 spiro atoms. The highest BCUT2D eigenvalue weighted by Gasteiger charge is 2.34. The lowest BCUT2D eigenvalue weighted by Gasteiger charge is -2.31. The molecule has 0 atom stereocenters. The number of methoxy groups -OCH3 is 1. The molecule has 1 aliphatic heterocycles. The summed E-state index contributed by atoms with van der Waals surface area (Å²) < 4.78 is 37.8. The number of amides is 1. The van der Waals surface area contributed by atoms with Crippen molar-refractivity contribution in [1.82, 2.24) is 9.29 Å². The van der Waals surface area contributed by atoms with Gasteiger partial charge in [-0.05, 0) is 37.1 Å². The number of nitrogens with zero attached hydrogens (tertiary/aromatic N) is 2. The predicted molar refractivity (Wildman–Crippen MR) is 118 cm³/mol. The first-order valence-electron chi connectivity index (χ1n) is 9.66. The van der Waals surface area contributed by atoms with Crippen LogP contribution in [0.15, 0.2) is 41.4 Å². The van der Waals surface area contributed by atoms with Gasteiger partial charge >= 0.3 is 0 Å². The first-order valence-corrected chi connectivity index (χ1v) is 11.9. The van der Waals surface area contributed by atoms with E-state index in [-0.39, 0.29) is 39.9 Å². The molecular weight excluding hydrogens is 465 g/mol. The Morgan fingerprint density at radius 3 is 2.48 bits per heavy atom. The van der Waals surface area contributed by atoms with E-state index >= 15 is 0 Å². The molecule has 0 radical (unpaired) electrons. The highest BCUT2D eigenvalue weighted by atomic mass is 35.5. The number of ether oxygens (including phenoxy) is 2. The average Bonchev–Trinajstić information content (AvgIpc) is 2.75. The van der Waals surface area contributed by atoms with Crippen LogP contribution in [0.1, 0.15) is 12.8 Å². The Labute approximate surface area is 191 Å². The van der Waals surface area contributed by atoms with Crippen LogP contribution in [-0.2, 0) is 19.6 Å². The topological polar surface area (TPSA) is 97.8 Å². The van der Waals surface area contributed by atoms with Crippen LogP contribution >= 0.6 is 23.2 Å². The predicted octanol–water partition coefficient (Wildman–Crippen LogP) is 3.45. The molecule has 11 heteroatoms. The van der Waals surface area contributed by atoms with Gasteiger partial charge in [0.25, 0.3) is 0 Å². The summed E-state index contributed by atoms with van der Waals surface area (Å²) in [4.78, 5) is 16.8. The number of carbonyl (C=O) groups is 1. The fraction of sp³-hybridized carbons (Fsp3) is 0.400. The Hall–Kier alpha value is -1.91. The van der Waals surface area contributed by atoms with Crippen molar-refractivity contribution in [2.24, 2.45) is 5.92 Å². The van der Waals surface area contributed by atoms with E-state index in [0.29, 0.717) is 37.6 Å². The number of pyridine rings is 1. The van der Waals surface area contributed by atoms with Gasteiger partial charge in [0.05, 0.1) is 16.7 Å². The number of hydrogen-bond acceptors (Lipinski definition) is 6. The number of sulfonamides is 1. The number of piperidine rings is 1. The lowest BCUT2D eigenvalue weighted by Crippen LogP contribution is -2.41. The molecule has 31 heavy (non-hydrogen) atoms. The third kappa shape index (κ3) is 5.67. The van der Waals surface area contributed by atoms with Crippen LogP contribution in [0.25, 0.3) is 0 Å². The van der Waals surface area contributed by atoms with Gasteiger partial charge in [-0.3, -0.25) is 4.79 Å². The van der Waals surface area contributed by atoms with Crippen molar-refractivity contribution in [3.63, 3.8) is 0 Å². The van der Waals surface area contributed by atoms with Gasteiger partial charge in [-0.2, -0.15) is 4.31 Å². The third-order valence-electron chi connectivity index (χ3n) is 4.90. The number of halogens is 2. The number of hydrogen-bond donors (Lipinski definition) is 1. The normalized spacial score (nSPS) is 15.6. The second-order valence-electron chi connectivity index (χ2n) is 6.92. The van der Waals surface area contributed by atoms with Crippen molar-refractivity contribution in [3.8, 4) is 5.88 Å². The molecule has 1 saturated heterocycles. The average molecular weight is 488 g/mol. The van der Waals surface area contributed by atoms with Gasteiger partial charge in [0.15, 0.2) is 0 Å². The van der Waals surface area contributed by atoms with Crippen molar-refractivity contribution in [1.29, 1.82) is 0 Å². The van der Waals surface area contributed by atoms with Gasteiger partial charge < -0.3 is 14.8 Å². The molecule has 1 N–H and O–H groups in total. The Bertz CT molecular complexity index is 1010. The number of carbonyl (C=O) groups excluding carboxylic acids is 1. The Balaban J connectivity index is 1.63. The fourth-order valence-corrected chi connectivity index (χ4v) is 5.83. The van der Waals surface area contributed by atoms with Crippen LogP contribution in [0.5, 0.6) is 5.88 Å².